The van der Waals surface area contributed by atoms with Gasteiger partial charge in [0, 0.05) is 5.39 Å². The Labute approximate surface area is 121 Å². The minimum Gasteiger partial charge on any atom is -0.383 e. The third-order valence-corrected chi connectivity index (χ3v) is 3.32. The molecule has 108 valence electrons. The Bertz CT molecular complexity index is 769. The SMILES string of the molecule is Cc1cc(-c2noc(C(O)CCN)n2)nc2ccccc12. The van der Waals surface area contributed by atoms with E-state index >= 15 is 0 Å². The number of aliphatic hydroxyl groups excluding tert-OH is 1. The number of rotatable bonds is 4. The third-order valence-electron chi connectivity index (χ3n) is 3.32. The first kappa shape index (κ1) is 13.7. The summed E-state index contributed by atoms with van der Waals surface area (Å²) in [6.45, 7) is 2.37. The highest BCUT2D eigenvalue weighted by atomic mass is 16.5. The van der Waals surface area contributed by atoms with Crippen molar-refractivity contribution in [3.8, 4) is 11.5 Å². The standard InChI is InChI=1S/C15H16N4O2/c1-9-8-12(17-11-5-3-2-4-10(9)11)14-18-15(21-19-14)13(20)6-7-16/h2-5,8,13,20H,6-7,16H2,1H3. The van der Waals surface area contributed by atoms with Crippen LogP contribution in [0.2, 0.25) is 0 Å². The number of aromatic nitrogens is 3. The van der Waals surface area contributed by atoms with Gasteiger partial charge in [-0.05, 0) is 37.6 Å². The van der Waals surface area contributed by atoms with Crippen LogP contribution in [0.4, 0.5) is 0 Å². The molecule has 1 atom stereocenters. The van der Waals surface area contributed by atoms with Gasteiger partial charge < -0.3 is 15.4 Å². The van der Waals surface area contributed by atoms with Crippen LogP contribution in [0.1, 0.15) is 24.0 Å². The minimum absolute atomic E-state index is 0.170. The van der Waals surface area contributed by atoms with Gasteiger partial charge in [-0.2, -0.15) is 4.98 Å². The summed E-state index contributed by atoms with van der Waals surface area (Å²) in [5, 5.41) is 14.8. The highest BCUT2D eigenvalue weighted by Gasteiger charge is 2.17. The molecule has 0 amide bonds. The molecule has 0 aliphatic heterocycles. The maximum absolute atomic E-state index is 9.81. The lowest BCUT2D eigenvalue weighted by atomic mass is 10.1. The molecule has 3 aromatic rings. The lowest BCUT2D eigenvalue weighted by Crippen LogP contribution is -2.06. The Morgan fingerprint density at radius 2 is 2.10 bits per heavy atom. The zero-order valence-electron chi connectivity index (χ0n) is 11.7. The average molecular weight is 284 g/mol. The van der Waals surface area contributed by atoms with E-state index in [-0.39, 0.29) is 5.89 Å². The summed E-state index contributed by atoms with van der Waals surface area (Å²) in [7, 11) is 0. The van der Waals surface area contributed by atoms with Crippen LogP contribution >= 0.6 is 0 Å². The van der Waals surface area contributed by atoms with Crippen LogP contribution < -0.4 is 5.73 Å². The largest absolute Gasteiger partial charge is 0.383 e. The fourth-order valence-corrected chi connectivity index (χ4v) is 2.22. The van der Waals surface area contributed by atoms with Crippen molar-refractivity contribution in [3.05, 3.63) is 41.8 Å². The van der Waals surface area contributed by atoms with Gasteiger partial charge in [0.25, 0.3) is 5.89 Å². The fraction of sp³-hybridized carbons (Fsp3) is 0.267. The number of benzene rings is 1. The van der Waals surface area contributed by atoms with Crippen LogP contribution in [0.25, 0.3) is 22.4 Å². The molecule has 0 fully saturated rings. The van der Waals surface area contributed by atoms with Crippen LogP contribution in [-0.2, 0) is 0 Å². The maximum atomic E-state index is 9.81. The second-order valence-corrected chi connectivity index (χ2v) is 4.89. The number of para-hydroxylation sites is 1. The summed E-state index contributed by atoms with van der Waals surface area (Å²) in [5.74, 6) is 0.540. The highest BCUT2D eigenvalue weighted by molar-refractivity contribution is 5.84. The molecule has 6 nitrogen and oxygen atoms in total. The molecule has 0 saturated heterocycles. The van der Waals surface area contributed by atoms with Crippen molar-refractivity contribution >= 4 is 10.9 Å². The fourth-order valence-electron chi connectivity index (χ4n) is 2.22. The molecule has 1 aromatic carbocycles. The second kappa shape index (κ2) is 5.59. The zero-order valence-corrected chi connectivity index (χ0v) is 11.7. The van der Waals surface area contributed by atoms with E-state index in [1.165, 1.54) is 0 Å². The lowest BCUT2D eigenvalue weighted by molar-refractivity contribution is 0.127. The second-order valence-electron chi connectivity index (χ2n) is 4.89. The van der Waals surface area contributed by atoms with Crippen molar-refractivity contribution in [1.29, 1.82) is 0 Å². The number of fused-ring (bicyclic) bond motifs is 1. The van der Waals surface area contributed by atoms with Gasteiger partial charge in [-0.3, -0.25) is 0 Å². The maximum Gasteiger partial charge on any atom is 0.255 e. The van der Waals surface area contributed by atoms with Crippen molar-refractivity contribution in [2.45, 2.75) is 19.4 Å². The Kier molecular flexibility index (Phi) is 3.64. The van der Waals surface area contributed by atoms with Gasteiger partial charge in [0.15, 0.2) is 0 Å². The number of hydrogen-bond donors (Lipinski definition) is 2. The molecule has 1 unspecified atom stereocenters. The number of nitrogens with zero attached hydrogens (tertiary/aromatic N) is 3. The van der Waals surface area contributed by atoms with Crippen LogP contribution in [0, 0.1) is 6.92 Å². The Hall–Kier alpha value is -2.31. The van der Waals surface area contributed by atoms with Crippen LogP contribution in [0.5, 0.6) is 0 Å². The van der Waals surface area contributed by atoms with E-state index in [9.17, 15) is 5.11 Å². The number of aliphatic hydroxyl groups is 1. The van der Waals surface area contributed by atoms with Crippen LogP contribution in [0.15, 0.2) is 34.9 Å². The molecule has 0 aliphatic carbocycles. The topological polar surface area (TPSA) is 98.1 Å². The van der Waals surface area contributed by atoms with Gasteiger partial charge in [0.2, 0.25) is 5.82 Å². The Balaban J connectivity index is 2.01. The summed E-state index contributed by atoms with van der Waals surface area (Å²) < 4.78 is 5.08. The minimum atomic E-state index is -0.835. The molecule has 3 N–H and O–H groups in total. The zero-order chi connectivity index (χ0) is 14.8. The van der Waals surface area contributed by atoms with E-state index in [0.717, 1.165) is 16.5 Å². The average Bonchev–Trinajstić information content (AvgIpc) is 2.97. The van der Waals surface area contributed by atoms with E-state index in [4.69, 9.17) is 10.3 Å². The molecular weight excluding hydrogens is 268 g/mol. The third kappa shape index (κ3) is 2.63. The smallest absolute Gasteiger partial charge is 0.255 e. The molecular formula is C15H16N4O2. The van der Waals surface area contributed by atoms with E-state index < -0.39 is 6.10 Å². The first-order chi connectivity index (χ1) is 10.2. The van der Waals surface area contributed by atoms with Crippen LogP contribution in [0.3, 0.4) is 0 Å². The van der Waals surface area contributed by atoms with Crippen molar-refractivity contribution in [2.24, 2.45) is 5.73 Å². The summed E-state index contributed by atoms with van der Waals surface area (Å²) in [6.07, 6.45) is -0.455. The summed E-state index contributed by atoms with van der Waals surface area (Å²) >= 11 is 0. The van der Waals surface area contributed by atoms with Gasteiger partial charge >= 0.3 is 0 Å². The van der Waals surface area contributed by atoms with E-state index in [0.29, 0.717) is 24.5 Å². The summed E-state index contributed by atoms with van der Waals surface area (Å²) in [4.78, 5) is 8.73. The first-order valence-electron chi connectivity index (χ1n) is 6.77. The van der Waals surface area contributed by atoms with Gasteiger partial charge in [0.05, 0.1) is 5.52 Å². The van der Waals surface area contributed by atoms with Crippen molar-refractivity contribution in [3.63, 3.8) is 0 Å². The molecule has 0 radical (unpaired) electrons. The molecule has 2 aromatic heterocycles. The molecule has 3 rings (SSSR count). The van der Waals surface area contributed by atoms with Crippen LogP contribution in [-0.4, -0.2) is 26.8 Å². The number of nitrogens with two attached hydrogens (primary N) is 1. The number of aryl methyl sites for hydroxylation is 1. The normalized spacial score (nSPS) is 12.7. The monoisotopic (exact) mass is 284 g/mol. The number of pyridine rings is 1. The molecule has 0 aliphatic rings. The quantitative estimate of drug-likeness (QED) is 0.760. The van der Waals surface area contributed by atoms with E-state index in [2.05, 4.69) is 15.1 Å². The summed E-state index contributed by atoms with van der Waals surface area (Å²) in [6, 6.07) is 9.79. The van der Waals surface area contributed by atoms with E-state index in [1.807, 2.05) is 37.3 Å². The summed E-state index contributed by atoms with van der Waals surface area (Å²) in [5.41, 5.74) is 7.99. The molecule has 0 bridgehead atoms. The highest BCUT2D eigenvalue weighted by Crippen LogP contribution is 2.24. The predicted octanol–water partition coefficient (Wildman–Crippen LogP) is 1.98. The lowest BCUT2D eigenvalue weighted by Gasteiger charge is -2.03. The van der Waals surface area contributed by atoms with Gasteiger partial charge in [-0.25, -0.2) is 4.98 Å². The van der Waals surface area contributed by atoms with Gasteiger partial charge in [-0.15, -0.1) is 0 Å². The Morgan fingerprint density at radius 1 is 1.29 bits per heavy atom. The van der Waals surface area contributed by atoms with Gasteiger partial charge in [0.1, 0.15) is 11.8 Å². The first-order valence-corrected chi connectivity index (χ1v) is 6.77. The molecule has 6 heteroatoms. The number of hydrogen-bond acceptors (Lipinski definition) is 6. The van der Waals surface area contributed by atoms with Gasteiger partial charge in [-0.1, -0.05) is 23.4 Å². The molecule has 2 heterocycles. The van der Waals surface area contributed by atoms with Crippen molar-refractivity contribution in [1.82, 2.24) is 15.1 Å². The molecule has 21 heavy (non-hydrogen) atoms. The molecule has 0 spiro atoms. The molecule has 0 saturated carbocycles. The van der Waals surface area contributed by atoms with Crippen molar-refractivity contribution < 1.29 is 9.63 Å². The predicted molar refractivity (Wildman–Crippen MR) is 78.4 cm³/mol. The van der Waals surface area contributed by atoms with E-state index in [1.54, 1.807) is 0 Å². The Morgan fingerprint density at radius 3 is 2.90 bits per heavy atom. The van der Waals surface area contributed by atoms with Crippen molar-refractivity contribution in [2.75, 3.05) is 6.54 Å².